The minimum Gasteiger partial charge on any atom is -0.459 e. The summed E-state index contributed by atoms with van der Waals surface area (Å²) < 4.78 is 10.8. The predicted molar refractivity (Wildman–Crippen MR) is 59.8 cm³/mol. The van der Waals surface area contributed by atoms with Crippen LogP contribution in [0, 0.1) is 11.6 Å². The Bertz CT molecular complexity index is 584. The fraction of sp³-hybridized carbons (Fsp3) is 0.182. The fourth-order valence-electron chi connectivity index (χ4n) is 1.42. The van der Waals surface area contributed by atoms with Crippen molar-refractivity contribution in [1.82, 2.24) is 4.98 Å². The predicted octanol–water partition coefficient (Wildman–Crippen LogP) is 3.18. The van der Waals surface area contributed by atoms with Crippen LogP contribution < -0.4 is 0 Å². The highest BCUT2D eigenvalue weighted by molar-refractivity contribution is 7.71. The number of carbonyl (C=O) groups excluding carboxylic acids is 1. The molecule has 0 aliphatic rings. The number of Topliss-reactive ketones (excluding diaryl/α,β-unsaturated/α-hetero) is 1. The van der Waals surface area contributed by atoms with Crippen LogP contribution in [0.2, 0.25) is 0 Å². The van der Waals surface area contributed by atoms with Gasteiger partial charge in [-0.2, -0.15) is 4.98 Å². The van der Waals surface area contributed by atoms with Gasteiger partial charge in [-0.1, -0.05) is 12.2 Å². The summed E-state index contributed by atoms with van der Waals surface area (Å²) in [6, 6.07) is 3.44. The molecule has 2 heterocycles. The van der Waals surface area contributed by atoms with Crippen molar-refractivity contribution in [2.45, 2.75) is 13.8 Å². The van der Waals surface area contributed by atoms with Crippen molar-refractivity contribution in [2.75, 3.05) is 0 Å². The highest BCUT2D eigenvalue weighted by atomic mass is 32.1. The van der Waals surface area contributed by atoms with Crippen molar-refractivity contribution in [2.24, 2.45) is 0 Å². The molecule has 82 valence electrons. The number of hydrogen-bond acceptors (Lipinski definition) is 5. The zero-order chi connectivity index (χ0) is 11.7. The zero-order valence-corrected chi connectivity index (χ0v) is 9.63. The molecule has 0 saturated carbocycles. The summed E-state index contributed by atoms with van der Waals surface area (Å²) in [7, 11) is 0. The van der Waals surface area contributed by atoms with Gasteiger partial charge in [-0.3, -0.25) is 4.79 Å². The van der Waals surface area contributed by atoms with Gasteiger partial charge in [0.2, 0.25) is 0 Å². The maximum Gasteiger partial charge on any atom is 0.264 e. The van der Waals surface area contributed by atoms with E-state index in [0.29, 0.717) is 17.1 Å². The molecule has 0 fully saturated rings. The van der Waals surface area contributed by atoms with E-state index in [0.717, 1.165) is 0 Å². The SMILES string of the molecule is CC(=O)c1c(C)oc(-c2ccco2)nc1=S. The van der Waals surface area contributed by atoms with E-state index in [1.54, 1.807) is 19.1 Å². The molecule has 2 rings (SSSR count). The van der Waals surface area contributed by atoms with E-state index >= 15 is 0 Å². The second-order valence-electron chi connectivity index (χ2n) is 3.29. The first-order valence-electron chi connectivity index (χ1n) is 4.66. The lowest BCUT2D eigenvalue weighted by atomic mass is 10.2. The monoisotopic (exact) mass is 235 g/mol. The van der Waals surface area contributed by atoms with Gasteiger partial charge in [0.25, 0.3) is 5.89 Å². The number of nitrogens with zero attached hydrogens (tertiary/aromatic N) is 1. The molecule has 0 aliphatic carbocycles. The Morgan fingerprint density at radius 2 is 2.25 bits per heavy atom. The van der Waals surface area contributed by atoms with Crippen molar-refractivity contribution in [3.05, 3.63) is 34.4 Å². The maximum absolute atomic E-state index is 11.3. The number of carbonyl (C=O) groups is 1. The Morgan fingerprint density at radius 1 is 1.50 bits per heavy atom. The van der Waals surface area contributed by atoms with E-state index in [4.69, 9.17) is 21.1 Å². The fourth-order valence-corrected chi connectivity index (χ4v) is 1.79. The lowest BCUT2D eigenvalue weighted by Gasteiger charge is -2.02. The highest BCUT2D eigenvalue weighted by Gasteiger charge is 2.14. The van der Waals surface area contributed by atoms with Gasteiger partial charge in [-0.25, -0.2) is 0 Å². The molecule has 0 bridgehead atoms. The molecular weight excluding hydrogens is 226 g/mol. The molecule has 0 radical (unpaired) electrons. The number of ketones is 1. The Hall–Kier alpha value is -1.75. The van der Waals surface area contributed by atoms with E-state index in [1.165, 1.54) is 13.2 Å². The van der Waals surface area contributed by atoms with Crippen molar-refractivity contribution in [3.63, 3.8) is 0 Å². The Kier molecular flexibility index (Phi) is 2.70. The van der Waals surface area contributed by atoms with Crippen LogP contribution in [0.1, 0.15) is 23.0 Å². The Labute approximate surface area is 96.9 Å². The van der Waals surface area contributed by atoms with Crippen molar-refractivity contribution >= 4 is 18.0 Å². The van der Waals surface area contributed by atoms with Crippen LogP contribution in [0.15, 0.2) is 27.2 Å². The van der Waals surface area contributed by atoms with Gasteiger partial charge in [0.15, 0.2) is 11.5 Å². The second-order valence-corrected chi connectivity index (χ2v) is 3.68. The van der Waals surface area contributed by atoms with Crippen LogP contribution in [0.5, 0.6) is 0 Å². The molecule has 5 heteroatoms. The van der Waals surface area contributed by atoms with Gasteiger partial charge in [0.05, 0.1) is 11.8 Å². The van der Waals surface area contributed by atoms with E-state index < -0.39 is 0 Å². The average molecular weight is 235 g/mol. The first-order valence-corrected chi connectivity index (χ1v) is 5.07. The lowest BCUT2D eigenvalue weighted by molar-refractivity contribution is 0.101. The Morgan fingerprint density at radius 3 is 2.75 bits per heavy atom. The van der Waals surface area contributed by atoms with Gasteiger partial charge in [0.1, 0.15) is 10.4 Å². The average Bonchev–Trinajstić information content (AvgIpc) is 2.67. The highest BCUT2D eigenvalue weighted by Crippen LogP contribution is 2.21. The number of rotatable bonds is 2. The molecule has 0 atom stereocenters. The van der Waals surface area contributed by atoms with Crippen LogP contribution in [0.4, 0.5) is 0 Å². The molecule has 16 heavy (non-hydrogen) atoms. The largest absolute Gasteiger partial charge is 0.459 e. The summed E-state index contributed by atoms with van der Waals surface area (Å²) in [5, 5.41) is 0. The first-order chi connectivity index (χ1) is 7.59. The number of furan rings is 1. The Balaban J connectivity index is 2.63. The van der Waals surface area contributed by atoms with E-state index in [-0.39, 0.29) is 16.3 Å². The summed E-state index contributed by atoms with van der Waals surface area (Å²) in [6.07, 6.45) is 1.52. The van der Waals surface area contributed by atoms with Crippen LogP contribution in [0.3, 0.4) is 0 Å². The van der Waals surface area contributed by atoms with Gasteiger partial charge in [-0.15, -0.1) is 0 Å². The molecule has 0 unspecified atom stereocenters. The lowest BCUT2D eigenvalue weighted by Crippen LogP contribution is -2.00. The van der Waals surface area contributed by atoms with Gasteiger partial charge >= 0.3 is 0 Å². The van der Waals surface area contributed by atoms with Gasteiger partial charge in [0, 0.05) is 0 Å². The molecule has 2 aromatic heterocycles. The van der Waals surface area contributed by atoms with Crippen molar-refractivity contribution in [1.29, 1.82) is 0 Å². The summed E-state index contributed by atoms with van der Waals surface area (Å²) in [6.45, 7) is 3.11. The summed E-state index contributed by atoms with van der Waals surface area (Å²) >= 11 is 5.04. The van der Waals surface area contributed by atoms with Crippen LogP contribution >= 0.6 is 12.2 Å². The third-order valence-electron chi connectivity index (χ3n) is 2.10. The van der Waals surface area contributed by atoms with E-state index in [2.05, 4.69) is 4.98 Å². The minimum atomic E-state index is -0.148. The standard InChI is InChI=1S/C11H9NO3S/c1-6(13)9-7(2)15-10(12-11(9)16)8-4-3-5-14-8/h3-5H,1-2H3. The molecule has 2 aromatic rings. The molecule has 0 amide bonds. The first kappa shape index (κ1) is 10.8. The van der Waals surface area contributed by atoms with E-state index in [1.807, 2.05) is 0 Å². The maximum atomic E-state index is 11.3. The minimum absolute atomic E-state index is 0.148. The molecule has 0 aromatic carbocycles. The molecule has 0 N–H and O–H groups in total. The smallest absolute Gasteiger partial charge is 0.264 e. The number of aryl methyl sites for hydroxylation is 1. The molecular formula is C11H9NO3S. The molecule has 0 saturated heterocycles. The second kappa shape index (κ2) is 4.02. The number of aromatic nitrogens is 1. The van der Waals surface area contributed by atoms with E-state index in [9.17, 15) is 4.79 Å². The topological polar surface area (TPSA) is 56.2 Å². The third kappa shape index (κ3) is 1.81. The van der Waals surface area contributed by atoms with Crippen LogP contribution in [0.25, 0.3) is 11.7 Å². The van der Waals surface area contributed by atoms with Gasteiger partial charge < -0.3 is 8.83 Å². The third-order valence-corrected chi connectivity index (χ3v) is 2.40. The molecule has 0 spiro atoms. The quantitative estimate of drug-likeness (QED) is 0.591. The summed E-state index contributed by atoms with van der Waals surface area (Å²) in [4.78, 5) is 15.3. The van der Waals surface area contributed by atoms with Crippen molar-refractivity contribution in [3.8, 4) is 11.7 Å². The molecule has 4 nitrogen and oxygen atoms in total. The normalized spacial score (nSPS) is 10.4. The van der Waals surface area contributed by atoms with Gasteiger partial charge in [-0.05, 0) is 26.0 Å². The van der Waals surface area contributed by atoms with Crippen LogP contribution in [-0.4, -0.2) is 10.8 Å². The summed E-state index contributed by atoms with van der Waals surface area (Å²) in [5.41, 5.74) is 0.352. The number of hydrogen-bond donors (Lipinski definition) is 0. The van der Waals surface area contributed by atoms with Crippen LogP contribution in [-0.2, 0) is 0 Å². The van der Waals surface area contributed by atoms with Crippen molar-refractivity contribution < 1.29 is 13.6 Å². The molecule has 0 aliphatic heterocycles. The zero-order valence-electron chi connectivity index (χ0n) is 8.81. The summed E-state index contributed by atoms with van der Waals surface area (Å²) in [5.74, 6) is 1.09.